The summed E-state index contributed by atoms with van der Waals surface area (Å²) in [6.45, 7) is 12.0. The highest BCUT2D eigenvalue weighted by Gasteiger charge is 2.39. The van der Waals surface area contributed by atoms with Crippen LogP contribution in [0, 0.1) is 17.8 Å². The topological polar surface area (TPSA) is 71.1 Å². The molecule has 1 aromatic carbocycles. The highest BCUT2D eigenvalue weighted by molar-refractivity contribution is 5.90. The first kappa shape index (κ1) is 26.3. The Morgan fingerprint density at radius 2 is 1.68 bits per heavy atom. The molecule has 2 heterocycles. The fraction of sp³-hybridized carbons (Fsp3) is 0.704. The van der Waals surface area contributed by atoms with Gasteiger partial charge in [-0.1, -0.05) is 27.7 Å². The Hall–Kier alpha value is -2.28. The first-order valence-corrected chi connectivity index (χ1v) is 12.9. The van der Waals surface area contributed by atoms with Gasteiger partial charge < -0.3 is 24.6 Å². The quantitative estimate of drug-likeness (QED) is 0.563. The van der Waals surface area contributed by atoms with Crippen LogP contribution in [0.3, 0.4) is 0 Å². The van der Waals surface area contributed by atoms with Gasteiger partial charge in [0.2, 0.25) is 11.8 Å². The number of nitrogens with zero attached hydrogens (tertiary/aromatic N) is 2. The Labute approximate surface area is 205 Å². The normalized spacial score (nSPS) is 20.7. The number of hydrogen-bond acceptors (Lipinski definition) is 5. The lowest BCUT2D eigenvalue weighted by molar-refractivity contribution is -0.150. The third kappa shape index (κ3) is 7.11. The number of benzene rings is 1. The van der Waals surface area contributed by atoms with Gasteiger partial charge in [0.1, 0.15) is 17.5 Å². The van der Waals surface area contributed by atoms with Crippen LogP contribution in [0.15, 0.2) is 24.3 Å². The van der Waals surface area contributed by atoms with Gasteiger partial charge in [-0.2, -0.15) is 0 Å². The number of piperidine rings is 1. The Balaban J connectivity index is 1.56. The number of carbonyl (C=O) groups excluding carboxylic acids is 2. The van der Waals surface area contributed by atoms with Crippen LogP contribution in [0.25, 0.3) is 0 Å². The molecule has 7 nitrogen and oxygen atoms in total. The third-order valence-electron chi connectivity index (χ3n) is 6.86. The molecule has 2 saturated heterocycles. The largest absolute Gasteiger partial charge is 0.497 e. The van der Waals surface area contributed by atoms with Crippen molar-refractivity contribution in [2.75, 3.05) is 39.9 Å². The van der Waals surface area contributed by atoms with Gasteiger partial charge in [-0.05, 0) is 67.7 Å². The zero-order chi connectivity index (χ0) is 24.7. The average Bonchev–Trinajstić information content (AvgIpc) is 2.82. The maximum atomic E-state index is 13.6. The van der Waals surface area contributed by atoms with Gasteiger partial charge in [0.15, 0.2) is 0 Å². The van der Waals surface area contributed by atoms with Crippen molar-refractivity contribution >= 4 is 11.8 Å². The molecule has 2 atom stereocenters. The zero-order valence-corrected chi connectivity index (χ0v) is 21.6. The summed E-state index contributed by atoms with van der Waals surface area (Å²) in [5, 5.41) is 3.36. The van der Waals surface area contributed by atoms with Gasteiger partial charge >= 0.3 is 0 Å². The van der Waals surface area contributed by atoms with Crippen LogP contribution in [0.4, 0.5) is 0 Å². The van der Waals surface area contributed by atoms with Crippen molar-refractivity contribution in [2.45, 2.75) is 65.5 Å². The van der Waals surface area contributed by atoms with Gasteiger partial charge in [0.25, 0.3) is 0 Å². The molecule has 190 valence electrons. The summed E-state index contributed by atoms with van der Waals surface area (Å²) < 4.78 is 11.2. The number of ether oxygens (including phenoxy) is 2. The maximum absolute atomic E-state index is 13.6. The van der Waals surface area contributed by atoms with E-state index in [2.05, 4.69) is 33.0 Å². The summed E-state index contributed by atoms with van der Waals surface area (Å²) in [5.74, 6) is 3.04. The second kappa shape index (κ2) is 12.4. The van der Waals surface area contributed by atoms with Gasteiger partial charge in [-0.3, -0.25) is 9.59 Å². The SMILES string of the molecule is COc1ccc(OCC2CCN(C(=O)[C@H](CC(C)C)N3CCN[C@@H](CC(C)C)C3=O)CC2)cc1. The maximum Gasteiger partial charge on any atom is 0.245 e. The summed E-state index contributed by atoms with van der Waals surface area (Å²) >= 11 is 0. The third-order valence-corrected chi connectivity index (χ3v) is 6.86. The molecule has 2 amide bonds. The number of rotatable bonds is 10. The molecule has 1 aromatic rings. The molecular formula is C27H43N3O4. The van der Waals surface area contributed by atoms with Gasteiger partial charge in [0.05, 0.1) is 19.8 Å². The highest BCUT2D eigenvalue weighted by Crippen LogP contribution is 2.25. The van der Waals surface area contributed by atoms with Gasteiger partial charge in [-0.25, -0.2) is 0 Å². The lowest BCUT2D eigenvalue weighted by atomic mass is 9.94. The summed E-state index contributed by atoms with van der Waals surface area (Å²) in [6, 6.07) is 7.09. The van der Waals surface area contributed by atoms with Gasteiger partial charge in [0, 0.05) is 26.2 Å². The highest BCUT2D eigenvalue weighted by atomic mass is 16.5. The number of likely N-dealkylation sites (tertiary alicyclic amines) is 1. The fourth-order valence-electron chi connectivity index (χ4n) is 4.95. The summed E-state index contributed by atoms with van der Waals surface area (Å²) in [4.78, 5) is 30.7. The van der Waals surface area contributed by atoms with Crippen molar-refractivity contribution in [3.05, 3.63) is 24.3 Å². The Morgan fingerprint density at radius 1 is 1.03 bits per heavy atom. The standard InChI is InChI=1S/C27H43N3O4/c1-19(2)16-24-26(31)30(15-12-28-24)25(17-20(3)4)27(32)29-13-10-21(11-14-29)18-34-23-8-6-22(33-5)7-9-23/h6-9,19-21,24-25,28H,10-18H2,1-5H3/t24-,25-/m0/s1. The molecule has 0 saturated carbocycles. The van der Waals surface area contributed by atoms with Crippen molar-refractivity contribution in [3.8, 4) is 11.5 Å². The van der Waals surface area contributed by atoms with Crippen molar-refractivity contribution in [1.29, 1.82) is 0 Å². The molecule has 2 fully saturated rings. The Bertz CT molecular complexity index is 788. The molecule has 0 aromatic heterocycles. The molecule has 0 bridgehead atoms. The first-order valence-electron chi connectivity index (χ1n) is 12.9. The molecule has 2 aliphatic rings. The summed E-state index contributed by atoms with van der Waals surface area (Å²) in [5.41, 5.74) is 0. The monoisotopic (exact) mass is 473 g/mol. The van der Waals surface area contributed by atoms with E-state index in [1.807, 2.05) is 34.1 Å². The molecule has 2 aliphatic heterocycles. The van der Waals surface area contributed by atoms with Crippen molar-refractivity contribution in [2.24, 2.45) is 17.8 Å². The zero-order valence-electron chi connectivity index (χ0n) is 21.6. The molecule has 34 heavy (non-hydrogen) atoms. The number of piperazine rings is 1. The van der Waals surface area contributed by atoms with Crippen LogP contribution >= 0.6 is 0 Å². The predicted molar refractivity (Wildman–Crippen MR) is 134 cm³/mol. The van der Waals surface area contributed by atoms with Crippen LogP contribution in [0.1, 0.15) is 53.4 Å². The summed E-state index contributed by atoms with van der Waals surface area (Å²) in [6.07, 6.45) is 3.35. The molecule has 0 aliphatic carbocycles. The van der Waals surface area contributed by atoms with Crippen molar-refractivity contribution < 1.29 is 19.1 Å². The van der Waals surface area contributed by atoms with Crippen LogP contribution in [-0.2, 0) is 9.59 Å². The van der Waals surface area contributed by atoms with E-state index >= 15 is 0 Å². The predicted octanol–water partition coefficient (Wildman–Crippen LogP) is 3.57. The smallest absolute Gasteiger partial charge is 0.245 e. The van der Waals surface area contributed by atoms with E-state index < -0.39 is 0 Å². The van der Waals surface area contributed by atoms with Crippen molar-refractivity contribution in [1.82, 2.24) is 15.1 Å². The fourth-order valence-corrected chi connectivity index (χ4v) is 4.95. The van der Waals surface area contributed by atoms with Crippen LogP contribution in [0.2, 0.25) is 0 Å². The molecule has 0 radical (unpaired) electrons. The average molecular weight is 474 g/mol. The lowest BCUT2D eigenvalue weighted by Gasteiger charge is -2.42. The molecule has 3 rings (SSSR count). The van der Waals surface area contributed by atoms with E-state index in [-0.39, 0.29) is 23.9 Å². The minimum Gasteiger partial charge on any atom is -0.497 e. The molecule has 0 spiro atoms. The van der Waals surface area contributed by atoms with Crippen LogP contribution < -0.4 is 14.8 Å². The second-order valence-electron chi connectivity index (χ2n) is 10.6. The number of amides is 2. The minimum atomic E-state index is -0.364. The molecule has 0 unspecified atom stereocenters. The van der Waals surface area contributed by atoms with Crippen LogP contribution in [0.5, 0.6) is 11.5 Å². The van der Waals surface area contributed by atoms with E-state index in [9.17, 15) is 9.59 Å². The molecular weight excluding hydrogens is 430 g/mol. The number of nitrogens with one attached hydrogen (secondary N) is 1. The lowest BCUT2D eigenvalue weighted by Crippen LogP contribution is -2.62. The second-order valence-corrected chi connectivity index (χ2v) is 10.6. The molecule has 1 N–H and O–H groups in total. The van der Waals surface area contributed by atoms with Crippen LogP contribution in [-0.4, -0.2) is 73.6 Å². The molecule has 7 heteroatoms. The van der Waals surface area contributed by atoms with E-state index in [0.717, 1.165) is 50.4 Å². The van der Waals surface area contributed by atoms with E-state index in [4.69, 9.17) is 9.47 Å². The summed E-state index contributed by atoms with van der Waals surface area (Å²) in [7, 11) is 1.65. The number of methoxy groups -OCH3 is 1. The van der Waals surface area contributed by atoms with Gasteiger partial charge in [-0.15, -0.1) is 0 Å². The number of carbonyl (C=O) groups is 2. The van der Waals surface area contributed by atoms with Crippen molar-refractivity contribution in [3.63, 3.8) is 0 Å². The minimum absolute atomic E-state index is 0.0849. The number of hydrogen-bond donors (Lipinski definition) is 1. The van der Waals surface area contributed by atoms with E-state index in [0.29, 0.717) is 37.3 Å². The Morgan fingerprint density at radius 3 is 2.26 bits per heavy atom. The van der Waals surface area contributed by atoms with E-state index in [1.54, 1.807) is 7.11 Å². The first-order chi connectivity index (χ1) is 16.3. The van der Waals surface area contributed by atoms with E-state index in [1.165, 1.54) is 0 Å². The Kier molecular flexibility index (Phi) is 9.63.